The van der Waals surface area contributed by atoms with E-state index in [2.05, 4.69) is 20.1 Å². The van der Waals surface area contributed by atoms with E-state index >= 15 is 0 Å². The average molecular weight is 417 g/mol. The molecule has 3 heterocycles. The first-order valence-corrected chi connectivity index (χ1v) is 10.0. The first-order valence-electron chi connectivity index (χ1n) is 10.0. The molecule has 1 spiro atoms. The van der Waals surface area contributed by atoms with Crippen LogP contribution in [0.15, 0.2) is 24.5 Å². The highest BCUT2D eigenvalue weighted by molar-refractivity contribution is 5.85. The number of aliphatic hydroxyl groups excluding tert-OH is 1. The van der Waals surface area contributed by atoms with Gasteiger partial charge in [0, 0.05) is 50.3 Å². The molecule has 27 heavy (non-hydrogen) atoms. The first kappa shape index (κ1) is 22.7. The summed E-state index contributed by atoms with van der Waals surface area (Å²) in [5, 5.41) is 14.1. The number of aliphatic hydroxyl groups is 1. The van der Waals surface area contributed by atoms with Gasteiger partial charge in [-0.05, 0) is 69.2 Å². The van der Waals surface area contributed by atoms with E-state index in [1.54, 1.807) is 0 Å². The molecule has 1 atom stereocenters. The van der Waals surface area contributed by atoms with Crippen LogP contribution in [0.5, 0.6) is 0 Å². The Morgan fingerprint density at radius 2 is 1.63 bits per heavy atom. The minimum atomic E-state index is -0.273. The van der Waals surface area contributed by atoms with E-state index < -0.39 is 0 Å². The van der Waals surface area contributed by atoms with Crippen LogP contribution in [-0.2, 0) is 0 Å². The zero-order chi connectivity index (χ0) is 17.1. The molecule has 0 amide bonds. The lowest BCUT2D eigenvalue weighted by Gasteiger charge is -2.45. The van der Waals surface area contributed by atoms with Crippen LogP contribution in [-0.4, -0.2) is 66.4 Å². The Morgan fingerprint density at radius 3 is 2.30 bits per heavy atom. The number of rotatable bonds is 2. The van der Waals surface area contributed by atoms with Crippen molar-refractivity contribution in [2.45, 2.75) is 50.7 Å². The van der Waals surface area contributed by atoms with Crippen molar-refractivity contribution in [3.8, 4) is 0 Å². The molecule has 1 aliphatic carbocycles. The Balaban J connectivity index is 0.00000131. The van der Waals surface area contributed by atoms with Gasteiger partial charge in [-0.3, -0.25) is 9.88 Å². The summed E-state index contributed by atoms with van der Waals surface area (Å²) < 4.78 is 0. The molecule has 2 aliphatic heterocycles. The summed E-state index contributed by atoms with van der Waals surface area (Å²) in [6.07, 6.45) is 11.5. The van der Waals surface area contributed by atoms with Crippen molar-refractivity contribution < 1.29 is 5.11 Å². The van der Waals surface area contributed by atoms with Crippen LogP contribution < -0.4 is 10.2 Å². The fourth-order valence-electron chi connectivity index (χ4n) is 5.17. The van der Waals surface area contributed by atoms with Gasteiger partial charge < -0.3 is 15.3 Å². The quantitative estimate of drug-likeness (QED) is 0.775. The zero-order valence-electron chi connectivity index (χ0n) is 16.1. The number of nitrogens with zero attached hydrogens (tertiary/aromatic N) is 3. The van der Waals surface area contributed by atoms with Crippen molar-refractivity contribution in [1.82, 2.24) is 15.2 Å². The molecule has 1 saturated carbocycles. The van der Waals surface area contributed by atoms with Gasteiger partial charge in [-0.25, -0.2) is 0 Å². The third-order valence-electron chi connectivity index (χ3n) is 6.76. The van der Waals surface area contributed by atoms with Gasteiger partial charge in [0.15, 0.2) is 0 Å². The van der Waals surface area contributed by atoms with E-state index in [4.69, 9.17) is 0 Å². The molecule has 2 N–H and O–H groups in total. The molecule has 3 fully saturated rings. The normalized spacial score (nSPS) is 26.7. The highest BCUT2D eigenvalue weighted by Crippen LogP contribution is 2.44. The van der Waals surface area contributed by atoms with E-state index in [-0.39, 0.29) is 30.9 Å². The maximum absolute atomic E-state index is 10.6. The Hall–Kier alpha value is -0.590. The van der Waals surface area contributed by atoms with Gasteiger partial charge in [-0.1, -0.05) is 0 Å². The number of piperidine rings is 1. The van der Waals surface area contributed by atoms with E-state index in [1.807, 2.05) is 24.5 Å². The van der Waals surface area contributed by atoms with E-state index in [0.717, 1.165) is 26.2 Å². The second-order valence-electron chi connectivity index (χ2n) is 8.28. The van der Waals surface area contributed by atoms with Gasteiger partial charge in [0.05, 0.1) is 6.10 Å². The molecule has 4 rings (SSSR count). The lowest BCUT2D eigenvalue weighted by molar-refractivity contribution is 0.0467. The fourth-order valence-corrected chi connectivity index (χ4v) is 5.17. The Kier molecular flexibility index (Phi) is 8.63. The van der Waals surface area contributed by atoms with Gasteiger partial charge in [0.2, 0.25) is 0 Å². The molecule has 2 saturated heterocycles. The highest BCUT2D eigenvalue weighted by atomic mass is 35.5. The van der Waals surface area contributed by atoms with Gasteiger partial charge >= 0.3 is 0 Å². The zero-order valence-corrected chi connectivity index (χ0v) is 17.7. The molecule has 7 heteroatoms. The largest absolute Gasteiger partial charge is 0.390 e. The fraction of sp³-hybridized carbons (Fsp3) is 0.750. The summed E-state index contributed by atoms with van der Waals surface area (Å²) in [6, 6.07) is 4.75. The SMILES string of the molecule is Cl.Cl.OC1CN(c2ccncc2)CCN(C2CCC3(CCNCC3)CC2)C1. The number of anilines is 1. The van der Waals surface area contributed by atoms with E-state index in [0.29, 0.717) is 11.5 Å². The molecule has 1 aromatic rings. The van der Waals surface area contributed by atoms with Gasteiger partial charge in [0.25, 0.3) is 0 Å². The lowest BCUT2D eigenvalue weighted by atomic mass is 9.67. The van der Waals surface area contributed by atoms with Crippen LogP contribution in [0.1, 0.15) is 38.5 Å². The minimum Gasteiger partial charge on any atom is -0.390 e. The average Bonchev–Trinajstić information content (AvgIpc) is 2.85. The molecule has 1 unspecified atom stereocenters. The molecule has 5 nitrogen and oxygen atoms in total. The Bertz CT molecular complexity index is 546. The molecule has 0 aromatic carbocycles. The number of halogens is 2. The molecule has 3 aliphatic rings. The molecule has 1 aromatic heterocycles. The second kappa shape index (κ2) is 10.3. The van der Waals surface area contributed by atoms with Crippen LogP contribution in [0.2, 0.25) is 0 Å². The predicted molar refractivity (Wildman–Crippen MR) is 115 cm³/mol. The number of pyridine rings is 1. The topological polar surface area (TPSA) is 51.6 Å². The Morgan fingerprint density at radius 1 is 0.963 bits per heavy atom. The molecular formula is C20H34Cl2N4O. The first-order chi connectivity index (χ1) is 12.2. The van der Waals surface area contributed by atoms with Crippen molar-refractivity contribution in [3.63, 3.8) is 0 Å². The summed E-state index contributed by atoms with van der Waals surface area (Å²) in [7, 11) is 0. The van der Waals surface area contributed by atoms with Gasteiger partial charge in [-0.15, -0.1) is 24.8 Å². The molecular weight excluding hydrogens is 383 g/mol. The van der Waals surface area contributed by atoms with Gasteiger partial charge in [0.1, 0.15) is 0 Å². The van der Waals surface area contributed by atoms with Crippen LogP contribution in [0.25, 0.3) is 0 Å². The number of hydrogen-bond acceptors (Lipinski definition) is 5. The molecule has 0 radical (unpaired) electrons. The third kappa shape index (κ3) is 5.48. The van der Waals surface area contributed by atoms with Gasteiger partial charge in [-0.2, -0.15) is 0 Å². The van der Waals surface area contributed by atoms with Crippen LogP contribution >= 0.6 is 24.8 Å². The number of β-amino-alcohol motifs (C(OH)–C–C–N with tert-alkyl or cyclic N) is 1. The maximum Gasteiger partial charge on any atom is 0.0841 e. The van der Waals surface area contributed by atoms with Crippen LogP contribution in [0.3, 0.4) is 0 Å². The predicted octanol–water partition coefficient (Wildman–Crippen LogP) is 2.72. The summed E-state index contributed by atoms with van der Waals surface area (Å²) in [5.41, 5.74) is 1.79. The van der Waals surface area contributed by atoms with E-state index in [9.17, 15) is 5.11 Å². The van der Waals surface area contributed by atoms with E-state index in [1.165, 1.54) is 57.3 Å². The van der Waals surface area contributed by atoms with Crippen molar-refractivity contribution in [1.29, 1.82) is 0 Å². The number of aromatic nitrogens is 1. The summed E-state index contributed by atoms with van der Waals surface area (Å²) in [5.74, 6) is 0. The second-order valence-corrected chi connectivity index (χ2v) is 8.28. The van der Waals surface area contributed by atoms with Crippen LogP contribution in [0, 0.1) is 5.41 Å². The minimum absolute atomic E-state index is 0. The third-order valence-corrected chi connectivity index (χ3v) is 6.76. The Labute approximate surface area is 175 Å². The summed E-state index contributed by atoms with van der Waals surface area (Å²) in [4.78, 5) is 8.99. The van der Waals surface area contributed by atoms with Crippen molar-refractivity contribution >= 4 is 30.5 Å². The van der Waals surface area contributed by atoms with Crippen molar-refractivity contribution in [2.24, 2.45) is 5.41 Å². The molecule has 0 bridgehead atoms. The summed E-state index contributed by atoms with van der Waals surface area (Å²) >= 11 is 0. The molecule has 154 valence electrons. The lowest BCUT2D eigenvalue weighted by Crippen LogP contribution is -2.46. The smallest absolute Gasteiger partial charge is 0.0841 e. The van der Waals surface area contributed by atoms with Crippen LogP contribution in [0.4, 0.5) is 5.69 Å². The summed E-state index contributed by atoms with van der Waals surface area (Å²) in [6.45, 7) is 6.00. The monoisotopic (exact) mass is 416 g/mol. The maximum atomic E-state index is 10.6. The number of hydrogen-bond donors (Lipinski definition) is 2. The number of nitrogens with one attached hydrogen (secondary N) is 1. The highest BCUT2D eigenvalue weighted by Gasteiger charge is 2.38. The standard InChI is InChI=1S/C20H32N4O.2ClH/c25-19-15-23(13-14-24(16-19)18-3-9-21-10-4-18)17-1-5-20(6-2-17)7-11-22-12-8-20;;/h3-4,9-10,17,19,22,25H,1-2,5-8,11-16H2;2*1H. The van der Waals surface area contributed by atoms with Crippen molar-refractivity contribution in [3.05, 3.63) is 24.5 Å². The van der Waals surface area contributed by atoms with Crippen molar-refractivity contribution in [2.75, 3.05) is 44.2 Å².